The molecule has 0 aromatic heterocycles. The minimum absolute atomic E-state index is 0.121. The SMILES string of the molecule is CCCC(C)CC(=O)Nc1ccc(I)cc1C. The Hall–Kier alpha value is -0.580. The van der Waals surface area contributed by atoms with Gasteiger partial charge >= 0.3 is 0 Å². The first-order valence-electron chi connectivity index (χ1n) is 6.09. The lowest BCUT2D eigenvalue weighted by atomic mass is 10.0. The van der Waals surface area contributed by atoms with Gasteiger partial charge in [-0.2, -0.15) is 0 Å². The third kappa shape index (κ3) is 5.06. The molecule has 0 aliphatic heterocycles. The molecule has 0 saturated heterocycles. The molecule has 1 aromatic carbocycles. The van der Waals surface area contributed by atoms with Crippen molar-refractivity contribution in [1.82, 2.24) is 0 Å². The Kier molecular flexibility index (Phi) is 5.95. The van der Waals surface area contributed by atoms with Crippen molar-refractivity contribution in [3.8, 4) is 0 Å². The second kappa shape index (κ2) is 6.99. The van der Waals surface area contributed by atoms with Crippen molar-refractivity contribution in [2.75, 3.05) is 5.32 Å². The van der Waals surface area contributed by atoms with Gasteiger partial charge in [-0.05, 0) is 59.2 Å². The molecule has 0 heterocycles. The maximum absolute atomic E-state index is 11.8. The van der Waals surface area contributed by atoms with E-state index in [2.05, 4.69) is 47.8 Å². The normalized spacial score (nSPS) is 12.2. The molecule has 0 spiro atoms. The van der Waals surface area contributed by atoms with E-state index in [1.165, 1.54) is 3.57 Å². The lowest BCUT2D eigenvalue weighted by Gasteiger charge is -2.12. The van der Waals surface area contributed by atoms with E-state index in [1.807, 2.05) is 19.1 Å². The van der Waals surface area contributed by atoms with Crippen LogP contribution in [0.15, 0.2) is 18.2 Å². The van der Waals surface area contributed by atoms with E-state index in [1.54, 1.807) is 0 Å². The molecule has 0 aliphatic carbocycles. The van der Waals surface area contributed by atoms with Gasteiger partial charge < -0.3 is 5.32 Å². The average molecular weight is 345 g/mol. The zero-order chi connectivity index (χ0) is 12.8. The molecule has 0 radical (unpaired) electrons. The fourth-order valence-electron chi connectivity index (χ4n) is 1.88. The van der Waals surface area contributed by atoms with E-state index in [4.69, 9.17) is 0 Å². The molecule has 1 aromatic rings. The highest BCUT2D eigenvalue weighted by molar-refractivity contribution is 14.1. The van der Waals surface area contributed by atoms with Crippen molar-refractivity contribution in [2.24, 2.45) is 5.92 Å². The number of rotatable bonds is 5. The van der Waals surface area contributed by atoms with Crippen LogP contribution in [0.5, 0.6) is 0 Å². The number of benzene rings is 1. The van der Waals surface area contributed by atoms with Gasteiger partial charge in [-0.3, -0.25) is 4.79 Å². The highest BCUT2D eigenvalue weighted by atomic mass is 127. The second-order valence-corrected chi connectivity index (χ2v) is 5.85. The third-order valence-electron chi connectivity index (χ3n) is 2.78. The number of carbonyl (C=O) groups excluding carboxylic acids is 1. The topological polar surface area (TPSA) is 29.1 Å². The van der Waals surface area contributed by atoms with Crippen LogP contribution in [0.1, 0.15) is 38.7 Å². The monoisotopic (exact) mass is 345 g/mol. The molecule has 1 amide bonds. The molecule has 17 heavy (non-hydrogen) atoms. The van der Waals surface area contributed by atoms with Crippen molar-refractivity contribution in [3.05, 3.63) is 27.3 Å². The van der Waals surface area contributed by atoms with E-state index in [-0.39, 0.29) is 5.91 Å². The predicted octanol–water partition coefficient (Wildman–Crippen LogP) is 4.36. The molecule has 1 unspecified atom stereocenters. The van der Waals surface area contributed by atoms with E-state index in [9.17, 15) is 4.79 Å². The molecule has 0 bridgehead atoms. The van der Waals surface area contributed by atoms with Crippen LogP contribution in [-0.4, -0.2) is 5.91 Å². The first-order chi connectivity index (χ1) is 8.02. The maximum Gasteiger partial charge on any atom is 0.224 e. The summed E-state index contributed by atoms with van der Waals surface area (Å²) in [5, 5.41) is 2.98. The number of hydrogen-bond donors (Lipinski definition) is 1. The standard InChI is InChI=1S/C14H20INO/c1-4-5-10(2)8-14(17)16-13-7-6-12(15)9-11(13)3/h6-7,9-10H,4-5,8H2,1-3H3,(H,16,17). The van der Waals surface area contributed by atoms with Crippen LogP contribution in [0.4, 0.5) is 5.69 Å². The van der Waals surface area contributed by atoms with Crippen LogP contribution in [0.2, 0.25) is 0 Å². The molecular formula is C14H20INO. The Balaban J connectivity index is 2.56. The summed E-state index contributed by atoms with van der Waals surface area (Å²) >= 11 is 2.27. The lowest BCUT2D eigenvalue weighted by Crippen LogP contribution is -2.15. The van der Waals surface area contributed by atoms with Crippen molar-refractivity contribution >= 4 is 34.2 Å². The van der Waals surface area contributed by atoms with Gasteiger partial charge in [-0.25, -0.2) is 0 Å². The summed E-state index contributed by atoms with van der Waals surface area (Å²) in [5.74, 6) is 0.583. The van der Waals surface area contributed by atoms with Crippen LogP contribution in [0, 0.1) is 16.4 Å². The number of hydrogen-bond acceptors (Lipinski definition) is 1. The molecule has 1 rings (SSSR count). The first-order valence-corrected chi connectivity index (χ1v) is 7.16. The Bertz CT molecular complexity index is 390. The zero-order valence-corrected chi connectivity index (χ0v) is 12.9. The summed E-state index contributed by atoms with van der Waals surface area (Å²) in [6.45, 7) is 6.30. The van der Waals surface area contributed by atoms with Gasteiger partial charge in [0.05, 0.1) is 0 Å². The van der Waals surface area contributed by atoms with E-state index in [0.29, 0.717) is 12.3 Å². The zero-order valence-electron chi connectivity index (χ0n) is 10.7. The van der Waals surface area contributed by atoms with Gasteiger partial charge in [0, 0.05) is 15.7 Å². The molecule has 0 saturated carbocycles. The summed E-state index contributed by atoms with van der Waals surface area (Å²) in [4.78, 5) is 11.8. The molecule has 3 heteroatoms. The fourth-order valence-corrected chi connectivity index (χ4v) is 2.53. The Morgan fingerprint density at radius 2 is 2.18 bits per heavy atom. The summed E-state index contributed by atoms with van der Waals surface area (Å²) in [7, 11) is 0. The molecule has 1 N–H and O–H groups in total. The molecule has 94 valence electrons. The molecule has 0 fully saturated rings. The smallest absolute Gasteiger partial charge is 0.224 e. The van der Waals surface area contributed by atoms with E-state index >= 15 is 0 Å². The highest BCUT2D eigenvalue weighted by Crippen LogP contribution is 2.19. The number of anilines is 1. The number of amides is 1. The van der Waals surface area contributed by atoms with Crippen LogP contribution >= 0.6 is 22.6 Å². The molecule has 2 nitrogen and oxygen atoms in total. The molecular weight excluding hydrogens is 325 g/mol. The summed E-state index contributed by atoms with van der Waals surface area (Å²) in [6, 6.07) is 6.06. The quantitative estimate of drug-likeness (QED) is 0.789. The van der Waals surface area contributed by atoms with Crippen molar-refractivity contribution in [1.29, 1.82) is 0 Å². The fraction of sp³-hybridized carbons (Fsp3) is 0.500. The van der Waals surface area contributed by atoms with E-state index < -0.39 is 0 Å². The highest BCUT2D eigenvalue weighted by Gasteiger charge is 2.09. The maximum atomic E-state index is 11.8. The van der Waals surface area contributed by atoms with Crippen LogP contribution in [0.25, 0.3) is 0 Å². The van der Waals surface area contributed by atoms with Crippen LogP contribution in [0.3, 0.4) is 0 Å². The summed E-state index contributed by atoms with van der Waals surface area (Å²) in [5.41, 5.74) is 2.05. The third-order valence-corrected chi connectivity index (χ3v) is 3.45. The number of halogens is 1. The van der Waals surface area contributed by atoms with Crippen LogP contribution in [-0.2, 0) is 4.79 Å². The average Bonchev–Trinajstić information content (AvgIpc) is 2.22. The second-order valence-electron chi connectivity index (χ2n) is 4.61. The van der Waals surface area contributed by atoms with Crippen molar-refractivity contribution in [3.63, 3.8) is 0 Å². The minimum Gasteiger partial charge on any atom is -0.326 e. The lowest BCUT2D eigenvalue weighted by molar-refractivity contribution is -0.117. The number of aryl methyl sites for hydroxylation is 1. The van der Waals surface area contributed by atoms with E-state index in [0.717, 1.165) is 24.1 Å². The number of carbonyl (C=O) groups is 1. The minimum atomic E-state index is 0.121. The van der Waals surface area contributed by atoms with Gasteiger partial charge in [0.15, 0.2) is 0 Å². The van der Waals surface area contributed by atoms with Crippen molar-refractivity contribution in [2.45, 2.75) is 40.0 Å². The van der Waals surface area contributed by atoms with Gasteiger partial charge in [-0.15, -0.1) is 0 Å². The molecule has 0 aliphatic rings. The van der Waals surface area contributed by atoms with Crippen LogP contribution < -0.4 is 5.32 Å². The Labute approximate surface area is 117 Å². The van der Waals surface area contributed by atoms with Gasteiger partial charge in [-0.1, -0.05) is 26.7 Å². The van der Waals surface area contributed by atoms with Crippen molar-refractivity contribution < 1.29 is 4.79 Å². The Morgan fingerprint density at radius 1 is 1.47 bits per heavy atom. The Morgan fingerprint density at radius 3 is 2.76 bits per heavy atom. The van der Waals surface area contributed by atoms with Gasteiger partial charge in [0.1, 0.15) is 0 Å². The number of nitrogens with one attached hydrogen (secondary N) is 1. The largest absolute Gasteiger partial charge is 0.326 e. The summed E-state index contributed by atoms with van der Waals surface area (Å²) < 4.78 is 1.19. The first kappa shape index (κ1) is 14.5. The summed E-state index contributed by atoms with van der Waals surface area (Å²) in [6.07, 6.45) is 2.86. The van der Waals surface area contributed by atoms with Gasteiger partial charge in [0.25, 0.3) is 0 Å². The molecule has 1 atom stereocenters. The van der Waals surface area contributed by atoms with Gasteiger partial charge in [0.2, 0.25) is 5.91 Å². The predicted molar refractivity (Wildman–Crippen MR) is 81.2 cm³/mol.